The molecule has 0 aromatic carbocycles. The zero-order chi connectivity index (χ0) is 11.7. The highest BCUT2D eigenvalue weighted by Gasteiger charge is 2.37. The van der Waals surface area contributed by atoms with E-state index in [4.69, 9.17) is 0 Å². The molecule has 0 spiro atoms. The van der Waals surface area contributed by atoms with E-state index in [1.54, 1.807) is 6.08 Å². The second-order valence-electron chi connectivity index (χ2n) is 3.48. The van der Waals surface area contributed by atoms with Gasteiger partial charge >= 0.3 is 6.18 Å². The molecule has 0 rings (SSSR count). The Bertz CT molecular complexity index is 175. The Hall–Kier alpha value is -0.510. The van der Waals surface area contributed by atoms with E-state index in [1.807, 2.05) is 0 Å². The van der Waals surface area contributed by atoms with Crippen LogP contribution in [-0.4, -0.2) is 19.4 Å². The molecule has 90 valence electrons. The van der Waals surface area contributed by atoms with Crippen molar-refractivity contribution >= 4 is 0 Å². The smallest absolute Gasteiger partial charge is 0.368 e. The summed E-state index contributed by atoms with van der Waals surface area (Å²) in [6.07, 6.45) is 1.56. The van der Waals surface area contributed by atoms with Crippen molar-refractivity contribution in [3.8, 4) is 0 Å². The molecule has 1 atom stereocenters. The molecule has 0 aromatic rings. The summed E-state index contributed by atoms with van der Waals surface area (Å²) in [6, 6.07) is 0. The van der Waals surface area contributed by atoms with Gasteiger partial charge in [0.15, 0.2) is 6.10 Å². The molecule has 1 unspecified atom stereocenters. The van der Waals surface area contributed by atoms with Crippen LogP contribution in [0.5, 0.6) is 0 Å². The highest BCUT2D eigenvalue weighted by molar-refractivity contribution is 4.93. The average molecular weight is 224 g/mol. The third-order valence-corrected chi connectivity index (χ3v) is 2.11. The number of rotatable bonds is 7. The number of ether oxygens (including phenoxy) is 1. The van der Waals surface area contributed by atoms with Gasteiger partial charge in [-0.05, 0) is 12.8 Å². The fraction of sp³-hybridized carbons (Fsp3) is 0.818. The molecule has 1 nitrogen and oxygen atoms in total. The fourth-order valence-corrected chi connectivity index (χ4v) is 1.23. The third kappa shape index (κ3) is 7.42. The molecule has 0 amide bonds. The molecule has 15 heavy (non-hydrogen) atoms. The van der Waals surface area contributed by atoms with Gasteiger partial charge in [-0.2, -0.15) is 13.2 Å². The number of halogens is 3. The van der Waals surface area contributed by atoms with Gasteiger partial charge in [0.05, 0.1) is 0 Å². The topological polar surface area (TPSA) is 9.23 Å². The summed E-state index contributed by atoms with van der Waals surface area (Å²) in [5.74, 6) is 0. The first-order chi connectivity index (χ1) is 7.02. The normalized spacial score (nSPS) is 14.7. The van der Waals surface area contributed by atoms with Gasteiger partial charge in [-0.1, -0.05) is 38.3 Å². The van der Waals surface area contributed by atoms with E-state index in [-0.39, 0.29) is 0 Å². The molecule has 0 aliphatic heterocycles. The van der Waals surface area contributed by atoms with Crippen LogP contribution in [0.4, 0.5) is 13.2 Å². The largest absolute Gasteiger partial charge is 0.418 e. The number of alkyl halides is 3. The molecule has 0 heterocycles. The van der Waals surface area contributed by atoms with E-state index in [1.165, 1.54) is 0 Å². The Morgan fingerprint density at radius 1 is 1.20 bits per heavy atom. The van der Waals surface area contributed by atoms with Crippen molar-refractivity contribution in [1.29, 1.82) is 0 Å². The third-order valence-electron chi connectivity index (χ3n) is 2.11. The molecule has 4 heteroatoms. The summed E-state index contributed by atoms with van der Waals surface area (Å²) in [6.45, 7) is 2.10. The number of hydrogen-bond donors (Lipinski definition) is 0. The number of hydrogen-bond acceptors (Lipinski definition) is 1. The van der Waals surface area contributed by atoms with E-state index >= 15 is 0 Å². The van der Waals surface area contributed by atoms with Crippen LogP contribution in [0.1, 0.15) is 39.0 Å². The standard InChI is InChI=1S/C11H19F3O/c1-3-4-5-6-7-8-9-10(15-2)11(12,13)14/h8-10H,3-7H2,1-2H3/b9-8+. The minimum atomic E-state index is -4.30. The van der Waals surface area contributed by atoms with Crippen molar-refractivity contribution < 1.29 is 17.9 Å². The van der Waals surface area contributed by atoms with Crippen LogP contribution in [0, 0.1) is 0 Å². The molecule has 0 bridgehead atoms. The number of unbranched alkanes of at least 4 members (excludes halogenated alkanes) is 4. The minimum absolute atomic E-state index is 0.690. The maximum absolute atomic E-state index is 12.2. The summed E-state index contributed by atoms with van der Waals surface area (Å²) in [5.41, 5.74) is 0. The quantitative estimate of drug-likeness (QED) is 0.467. The van der Waals surface area contributed by atoms with Gasteiger partial charge in [0.25, 0.3) is 0 Å². The lowest BCUT2D eigenvalue weighted by Crippen LogP contribution is -2.28. The van der Waals surface area contributed by atoms with Crippen LogP contribution in [0.25, 0.3) is 0 Å². The monoisotopic (exact) mass is 224 g/mol. The van der Waals surface area contributed by atoms with Gasteiger partial charge in [0.1, 0.15) is 0 Å². The molecule has 0 N–H and O–H groups in total. The molecule has 0 fully saturated rings. The second-order valence-corrected chi connectivity index (χ2v) is 3.48. The second kappa shape index (κ2) is 7.74. The Labute approximate surface area is 89.3 Å². The zero-order valence-electron chi connectivity index (χ0n) is 9.31. The molecule has 0 aromatic heterocycles. The predicted molar refractivity (Wildman–Crippen MR) is 54.8 cm³/mol. The summed E-state index contributed by atoms with van der Waals surface area (Å²) in [5, 5.41) is 0. The van der Waals surface area contributed by atoms with Gasteiger partial charge in [0.2, 0.25) is 0 Å². The van der Waals surface area contributed by atoms with Gasteiger partial charge in [-0.25, -0.2) is 0 Å². The van der Waals surface area contributed by atoms with E-state index < -0.39 is 12.3 Å². The zero-order valence-corrected chi connectivity index (χ0v) is 9.31. The number of allylic oxidation sites excluding steroid dienone is 1. The summed E-state index contributed by atoms with van der Waals surface area (Å²) >= 11 is 0. The van der Waals surface area contributed by atoms with E-state index in [0.717, 1.165) is 38.9 Å². The predicted octanol–water partition coefficient (Wildman–Crippen LogP) is 4.09. The van der Waals surface area contributed by atoms with Crippen LogP contribution in [0.15, 0.2) is 12.2 Å². The molecule has 0 saturated heterocycles. The van der Waals surface area contributed by atoms with Gasteiger partial charge in [0, 0.05) is 7.11 Å². The lowest BCUT2D eigenvalue weighted by Gasteiger charge is -2.14. The Balaban J connectivity index is 3.73. The van der Waals surface area contributed by atoms with E-state index in [9.17, 15) is 13.2 Å². The van der Waals surface area contributed by atoms with Crippen LogP contribution in [0.2, 0.25) is 0 Å². The summed E-state index contributed by atoms with van der Waals surface area (Å²) in [7, 11) is 1.07. The molecular formula is C11H19F3O. The van der Waals surface area contributed by atoms with Gasteiger partial charge < -0.3 is 4.74 Å². The Morgan fingerprint density at radius 2 is 1.87 bits per heavy atom. The lowest BCUT2D eigenvalue weighted by atomic mass is 10.1. The molecule has 0 radical (unpaired) electrons. The Morgan fingerprint density at radius 3 is 2.33 bits per heavy atom. The van der Waals surface area contributed by atoms with Gasteiger partial charge in [-0.3, -0.25) is 0 Å². The minimum Gasteiger partial charge on any atom is -0.368 e. The Kier molecular flexibility index (Phi) is 7.48. The first-order valence-corrected chi connectivity index (χ1v) is 5.28. The van der Waals surface area contributed by atoms with Crippen LogP contribution in [-0.2, 0) is 4.74 Å². The molecule has 0 aliphatic carbocycles. The van der Waals surface area contributed by atoms with Crippen molar-refractivity contribution in [2.45, 2.75) is 51.3 Å². The van der Waals surface area contributed by atoms with Crippen molar-refractivity contribution in [3.05, 3.63) is 12.2 Å². The lowest BCUT2D eigenvalue weighted by molar-refractivity contribution is -0.196. The highest BCUT2D eigenvalue weighted by atomic mass is 19.4. The van der Waals surface area contributed by atoms with Crippen LogP contribution in [0.3, 0.4) is 0 Å². The fourth-order valence-electron chi connectivity index (χ4n) is 1.23. The molecular weight excluding hydrogens is 205 g/mol. The maximum atomic E-state index is 12.2. The first-order valence-electron chi connectivity index (χ1n) is 5.28. The summed E-state index contributed by atoms with van der Waals surface area (Å²) in [4.78, 5) is 0. The first kappa shape index (κ1) is 14.5. The van der Waals surface area contributed by atoms with Crippen LogP contribution < -0.4 is 0 Å². The maximum Gasteiger partial charge on any atom is 0.418 e. The average Bonchev–Trinajstić information content (AvgIpc) is 2.15. The van der Waals surface area contributed by atoms with Gasteiger partial charge in [-0.15, -0.1) is 0 Å². The molecule has 0 saturated carbocycles. The SMILES string of the molecule is CCCCCC/C=C/C(OC)C(F)(F)F. The summed E-state index contributed by atoms with van der Waals surface area (Å²) < 4.78 is 40.9. The van der Waals surface area contributed by atoms with Crippen molar-refractivity contribution in [1.82, 2.24) is 0 Å². The molecule has 0 aliphatic rings. The highest BCUT2D eigenvalue weighted by Crippen LogP contribution is 2.23. The van der Waals surface area contributed by atoms with Crippen molar-refractivity contribution in [3.63, 3.8) is 0 Å². The van der Waals surface area contributed by atoms with E-state index in [0.29, 0.717) is 6.42 Å². The number of methoxy groups -OCH3 is 1. The van der Waals surface area contributed by atoms with Crippen LogP contribution >= 0.6 is 0 Å². The van der Waals surface area contributed by atoms with Crippen molar-refractivity contribution in [2.75, 3.05) is 7.11 Å². The van der Waals surface area contributed by atoms with Crippen molar-refractivity contribution in [2.24, 2.45) is 0 Å². The van der Waals surface area contributed by atoms with E-state index in [2.05, 4.69) is 11.7 Å².